The van der Waals surface area contributed by atoms with Crippen molar-refractivity contribution < 1.29 is 4.79 Å². The van der Waals surface area contributed by atoms with Crippen molar-refractivity contribution in [2.45, 2.75) is 46.2 Å². The highest BCUT2D eigenvalue weighted by molar-refractivity contribution is 6.34. The van der Waals surface area contributed by atoms with E-state index < -0.39 is 0 Å². The van der Waals surface area contributed by atoms with Crippen LogP contribution in [0.4, 0.5) is 5.69 Å². The Hall–Kier alpha value is -1.79. The van der Waals surface area contributed by atoms with Crippen molar-refractivity contribution in [1.29, 1.82) is 0 Å². The predicted octanol–water partition coefficient (Wildman–Crippen LogP) is 3.62. The number of aromatic amines is 1. The lowest BCUT2D eigenvalue weighted by Crippen LogP contribution is -2.51. The fraction of sp³-hybridized carbons (Fsp3) is 0.600. The smallest absolute Gasteiger partial charge is 0.289 e. The molecular formula is C20H30ClN5O. The second-order valence-corrected chi connectivity index (χ2v) is 8.78. The van der Waals surface area contributed by atoms with Crippen molar-refractivity contribution in [3.05, 3.63) is 23.0 Å². The number of piperazine rings is 1. The first-order valence-electron chi connectivity index (χ1n) is 9.58. The third-order valence-corrected chi connectivity index (χ3v) is 5.83. The molecule has 1 aliphatic heterocycles. The molecule has 2 heterocycles. The van der Waals surface area contributed by atoms with Crippen LogP contribution in [0.15, 0.2) is 12.1 Å². The zero-order valence-electron chi connectivity index (χ0n) is 17.1. The Morgan fingerprint density at radius 1 is 1.37 bits per heavy atom. The van der Waals surface area contributed by atoms with Gasteiger partial charge in [0.1, 0.15) is 0 Å². The molecule has 0 saturated carbocycles. The van der Waals surface area contributed by atoms with Crippen molar-refractivity contribution in [3.8, 4) is 0 Å². The second kappa shape index (κ2) is 7.32. The lowest BCUT2D eigenvalue weighted by atomic mass is 10.1. The molecule has 1 fully saturated rings. The van der Waals surface area contributed by atoms with Gasteiger partial charge in [-0.05, 0) is 46.4 Å². The van der Waals surface area contributed by atoms with Gasteiger partial charge in [-0.15, -0.1) is 0 Å². The number of rotatable bonds is 3. The second-order valence-electron chi connectivity index (χ2n) is 8.38. The highest BCUT2D eigenvalue weighted by Crippen LogP contribution is 2.32. The van der Waals surface area contributed by atoms with Crippen LogP contribution in [0, 0.1) is 0 Å². The van der Waals surface area contributed by atoms with E-state index in [1.807, 2.05) is 32.9 Å². The molecule has 6 nitrogen and oxygen atoms in total. The van der Waals surface area contributed by atoms with Crippen LogP contribution in [0.3, 0.4) is 0 Å². The molecule has 0 spiro atoms. The van der Waals surface area contributed by atoms with Gasteiger partial charge in [0.05, 0.1) is 21.7 Å². The number of carbonyl (C=O) groups excluding carboxylic acids is 1. The molecule has 148 valence electrons. The van der Waals surface area contributed by atoms with Gasteiger partial charge in [-0.1, -0.05) is 18.5 Å². The molecule has 0 aliphatic carbocycles. The number of anilines is 1. The number of imidazole rings is 1. The number of H-pyrrole nitrogens is 1. The summed E-state index contributed by atoms with van der Waals surface area (Å²) < 4.78 is 0. The molecular weight excluding hydrogens is 362 g/mol. The molecule has 7 heteroatoms. The van der Waals surface area contributed by atoms with E-state index >= 15 is 0 Å². The van der Waals surface area contributed by atoms with Gasteiger partial charge in [-0.3, -0.25) is 9.69 Å². The van der Waals surface area contributed by atoms with E-state index in [9.17, 15) is 4.79 Å². The standard InChI is InChI=1S/C20H30ClN5O/c1-7-25-8-9-26(13(2)12-25)17-11-16-15(10-14(17)21)22-18(23-16)19(27)24(6)20(3,4)5/h10-11,13H,7-9,12H2,1-6H3,(H,22,23). The number of nitrogens with zero attached hydrogens (tertiary/aromatic N) is 4. The normalized spacial score (nSPS) is 18.9. The Morgan fingerprint density at radius 2 is 2.07 bits per heavy atom. The van der Waals surface area contributed by atoms with E-state index in [4.69, 9.17) is 11.6 Å². The summed E-state index contributed by atoms with van der Waals surface area (Å²) in [7, 11) is 1.79. The van der Waals surface area contributed by atoms with E-state index in [1.54, 1.807) is 11.9 Å². The molecule has 1 amide bonds. The van der Waals surface area contributed by atoms with Gasteiger partial charge < -0.3 is 14.8 Å². The van der Waals surface area contributed by atoms with Crippen LogP contribution in [0.1, 0.15) is 45.2 Å². The number of amides is 1. The van der Waals surface area contributed by atoms with E-state index in [-0.39, 0.29) is 11.4 Å². The van der Waals surface area contributed by atoms with Crippen LogP contribution in [0.2, 0.25) is 5.02 Å². The van der Waals surface area contributed by atoms with Crippen molar-refractivity contribution in [3.63, 3.8) is 0 Å². The number of carbonyl (C=O) groups is 1. The molecule has 27 heavy (non-hydrogen) atoms. The minimum atomic E-state index is -0.271. The van der Waals surface area contributed by atoms with Crippen molar-refractivity contribution >= 4 is 34.2 Å². The Balaban J connectivity index is 1.92. The number of aromatic nitrogens is 2. The number of benzene rings is 1. The maximum absolute atomic E-state index is 12.7. The molecule has 1 aromatic carbocycles. The van der Waals surface area contributed by atoms with Crippen LogP contribution in [0.5, 0.6) is 0 Å². The van der Waals surface area contributed by atoms with Gasteiger partial charge in [-0.2, -0.15) is 0 Å². The monoisotopic (exact) mass is 391 g/mol. The molecule has 1 aromatic heterocycles. The fourth-order valence-electron chi connectivity index (χ4n) is 3.48. The average molecular weight is 392 g/mol. The third kappa shape index (κ3) is 3.92. The Morgan fingerprint density at radius 3 is 2.67 bits per heavy atom. The fourth-order valence-corrected chi connectivity index (χ4v) is 3.75. The van der Waals surface area contributed by atoms with E-state index in [0.29, 0.717) is 16.9 Å². The van der Waals surface area contributed by atoms with E-state index in [0.717, 1.165) is 42.9 Å². The predicted molar refractivity (Wildman–Crippen MR) is 112 cm³/mol. The quantitative estimate of drug-likeness (QED) is 0.868. The number of hydrogen-bond donors (Lipinski definition) is 1. The summed E-state index contributed by atoms with van der Waals surface area (Å²) in [4.78, 5) is 26.9. The summed E-state index contributed by atoms with van der Waals surface area (Å²) in [6, 6.07) is 4.26. The first-order chi connectivity index (χ1) is 12.6. The van der Waals surface area contributed by atoms with Crippen LogP contribution in [-0.4, -0.2) is 70.5 Å². The van der Waals surface area contributed by atoms with Gasteiger partial charge in [0.25, 0.3) is 5.91 Å². The average Bonchev–Trinajstić information content (AvgIpc) is 3.01. The number of likely N-dealkylation sites (N-methyl/N-ethyl adjacent to an activating group) is 1. The van der Waals surface area contributed by atoms with Crippen LogP contribution < -0.4 is 4.90 Å². The molecule has 2 aromatic rings. The molecule has 1 aliphatic rings. The lowest BCUT2D eigenvalue weighted by molar-refractivity contribution is 0.0644. The van der Waals surface area contributed by atoms with Crippen molar-refractivity contribution in [2.24, 2.45) is 0 Å². The highest BCUT2D eigenvalue weighted by Gasteiger charge is 2.27. The summed E-state index contributed by atoms with van der Waals surface area (Å²) in [5.41, 5.74) is 2.27. The molecule has 0 bridgehead atoms. The van der Waals surface area contributed by atoms with Gasteiger partial charge in [0.15, 0.2) is 5.82 Å². The van der Waals surface area contributed by atoms with Gasteiger partial charge in [0, 0.05) is 38.3 Å². The zero-order chi connectivity index (χ0) is 19.9. The maximum Gasteiger partial charge on any atom is 0.289 e. The topological polar surface area (TPSA) is 55.5 Å². The first kappa shape index (κ1) is 20.0. The number of fused-ring (bicyclic) bond motifs is 1. The highest BCUT2D eigenvalue weighted by atomic mass is 35.5. The van der Waals surface area contributed by atoms with E-state index in [1.165, 1.54) is 0 Å². The summed E-state index contributed by atoms with van der Waals surface area (Å²) in [5, 5.41) is 0.686. The lowest BCUT2D eigenvalue weighted by Gasteiger charge is -2.41. The molecule has 3 rings (SSSR count). The molecule has 1 atom stereocenters. The Kier molecular flexibility index (Phi) is 5.41. The third-order valence-electron chi connectivity index (χ3n) is 5.53. The number of nitrogens with one attached hydrogen (secondary N) is 1. The summed E-state index contributed by atoms with van der Waals surface area (Å²) in [6.45, 7) is 14.5. The van der Waals surface area contributed by atoms with Gasteiger partial charge in [-0.25, -0.2) is 4.98 Å². The molecule has 1 saturated heterocycles. The number of halogens is 1. The van der Waals surface area contributed by atoms with Crippen LogP contribution in [0.25, 0.3) is 11.0 Å². The van der Waals surface area contributed by atoms with Gasteiger partial charge >= 0.3 is 0 Å². The Bertz CT molecular complexity index is 841. The molecule has 1 unspecified atom stereocenters. The summed E-state index contributed by atoms with van der Waals surface area (Å²) >= 11 is 6.60. The minimum absolute atomic E-state index is 0.124. The van der Waals surface area contributed by atoms with Gasteiger partial charge in [0.2, 0.25) is 0 Å². The summed E-state index contributed by atoms with van der Waals surface area (Å²) in [5.74, 6) is 0.223. The van der Waals surface area contributed by atoms with Crippen LogP contribution >= 0.6 is 11.6 Å². The minimum Gasteiger partial charge on any atom is -0.365 e. The molecule has 1 N–H and O–H groups in total. The SMILES string of the molecule is CCN1CCN(c2cc3nc(C(=O)N(C)C(C)(C)C)[nH]c3cc2Cl)C(C)C1. The van der Waals surface area contributed by atoms with E-state index in [2.05, 4.69) is 33.6 Å². The van der Waals surface area contributed by atoms with Crippen molar-refractivity contribution in [1.82, 2.24) is 19.8 Å². The largest absolute Gasteiger partial charge is 0.365 e. The van der Waals surface area contributed by atoms with Crippen LogP contribution in [-0.2, 0) is 0 Å². The number of hydrogen-bond acceptors (Lipinski definition) is 4. The maximum atomic E-state index is 12.7. The first-order valence-corrected chi connectivity index (χ1v) is 9.96. The zero-order valence-corrected chi connectivity index (χ0v) is 17.9. The molecule has 0 radical (unpaired) electrons. The summed E-state index contributed by atoms with van der Waals surface area (Å²) in [6.07, 6.45) is 0. The Labute approximate surface area is 166 Å². The van der Waals surface area contributed by atoms with Crippen molar-refractivity contribution in [2.75, 3.05) is 38.1 Å².